The van der Waals surface area contributed by atoms with E-state index >= 15 is 0 Å². The lowest BCUT2D eigenvalue weighted by atomic mass is 10.1. The van der Waals surface area contributed by atoms with Crippen LogP contribution in [0, 0.1) is 0 Å². The zero-order valence-electron chi connectivity index (χ0n) is 16.0. The zero-order valence-corrected chi connectivity index (χ0v) is 17.6. The number of aryl methyl sites for hydroxylation is 1. The molecule has 0 unspecified atom stereocenters. The van der Waals surface area contributed by atoms with E-state index in [1.54, 1.807) is 48.3 Å². The van der Waals surface area contributed by atoms with Crippen LogP contribution in [0.4, 0.5) is 5.69 Å². The number of carbonyl (C=O) groups excluding carboxylic acids is 2. The Labute approximate surface area is 182 Å². The number of anilines is 1. The van der Waals surface area contributed by atoms with Crippen molar-refractivity contribution in [1.29, 1.82) is 0 Å². The van der Waals surface area contributed by atoms with Gasteiger partial charge in [-0.2, -0.15) is 0 Å². The van der Waals surface area contributed by atoms with E-state index in [4.69, 9.17) is 11.6 Å². The minimum absolute atomic E-state index is 0.158. The summed E-state index contributed by atoms with van der Waals surface area (Å²) in [5.74, 6) is 0.0170. The van der Waals surface area contributed by atoms with Crippen LogP contribution in [0.3, 0.4) is 0 Å². The number of nitrogens with one attached hydrogen (secondary N) is 1. The van der Waals surface area contributed by atoms with Crippen LogP contribution >= 0.6 is 22.9 Å². The normalized spacial score (nSPS) is 10.7. The van der Waals surface area contributed by atoms with Crippen molar-refractivity contribution >= 4 is 40.3 Å². The van der Waals surface area contributed by atoms with Crippen LogP contribution in [-0.2, 0) is 18.3 Å². The molecule has 0 saturated heterocycles. The summed E-state index contributed by atoms with van der Waals surface area (Å²) in [5, 5.41) is 6.16. The SMILES string of the molecule is Cn1ccnc1C(=O)c1ccc(NC(=O)Cc2csc(-c3cccc(Cl)c3)n2)cc1. The number of imidazole rings is 1. The summed E-state index contributed by atoms with van der Waals surface area (Å²) in [6, 6.07) is 14.2. The van der Waals surface area contributed by atoms with E-state index in [-0.39, 0.29) is 18.1 Å². The van der Waals surface area contributed by atoms with Crippen molar-refractivity contribution in [2.45, 2.75) is 6.42 Å². The lowest BCUT2D eigenvalue weighted by Crippen LogP contribution is -2.15. The second-order valence-corrected chi connectivity index (χ2v) is 7.94. The molecule has 8 heteroatoms. The van der Waals surface area contributed by atoms with E-state index in [2.05, 4.69) is 15.3 Å². The highest BCUT2D eigenvalue weighted by molar-refractivity contribution is 7.13. The summed E-state index contributed by atoms with van der Waals surface area (Å²) in [6.45, 7) is 0. The fourth-order valence-electron chi connectivity index (χ4n) is 2.93. The van der Waals surface area contributed by atoms with Crippen molar-refractivity contribution in [2.75, 3.05) is 5.32 Å². The molecule has 1 amide bonds. The van der Waals surface area contributed by atoms with E-state index in [9.17, 15) is 9.59 Å². The largest absolute Gasteiger partial charge is 0.331 e. The lowest BCUT2D eigenvalue weighted by molar-refractivity contribution is -0.115. The van der Waals surface area contributed by atoms with Gasteiger partial charge >= 0.3 is 0 Å². The van der Waals surface area contributed by atoms with Crippen molar-refractivity contribution in [1.82, 2.24) is 14.5 Å². The number of halogens is 1. The third-order valence-corrected chi connectivity index (χ3v) is 5.60. The molecule has 0 aliphatic rings. The van der Waals surface area contributed by atoms with Gasteiger partial charge in [0.1, 0.15) is 5.01 Å². The number of carbonyl (C=O) groups is 2. The van der Waals surface area contributed by atoms with Crippen LogP contribution in [0.1, 0.15) is 21.9 Å². The van der Waals surface area contributed by atoms with Gasteiger partial charge in [0.05, 0.1) is 12.1 Å². The van der Waals surface area contributed by atoms with E-state index < -0.39 is 0 Å². The van der Waals surface area contributed by atoms with Gasteiger partial charge in [-0.25, -0.2) is 9.97 Å². The topological polar surface area (TPSA) is 76.9 Å². The first-order valence-corrected chi connectivity index (χ1v) is 10.4. The molecular formula is C22H17ClN4O2S. The standard InChI is InChI=1S/C22H17ClN4O2S/c1-27-10-9-24-21(27)20(29)14-5-7-17(8-6-14)25-19(28)12-18-13-30-22(26-18)15-3-2-4-16(23)11-15/h2-11,13H,12H2,1H3,(H,25,28). The maximum absolute atomic E-state index is 12.5. The number of hydrogen-bond acceptors (Lipinski definition) is 5. The molecule has 0 atom stereocenters. The minimum atomic E-state index is -0.180. The first-order chi connectivity index (χ1) is 14.5. The van der Waals surface area contributed by atoms with Gasteiger partial charge in [0.2, 0.25) is 11.7 Å². The molecule has 0 bridgehead atoms. The van der Waals surface area contributed by atoms with E-state index in [0.717, 1.165) is 10.6 Å². The second kappa shape index (κ2) is 8.61. The molecular weight excluding hydrogens is 420 g/mol. The van der Waals surface area contributed by atoms with Gasteiger partial charge in [0, 0.05) is 46.7 Å². The molecule has 4 aromatic rings. The first kappa shape index (κ1) is 20.0. The number of ketones is 1. The molecule has 6 nitrogen and oxygen atoms in total. The quantitative estimate of drug-likeness (QED) is 0.448. The Bertz CT molecular complexity index is 1210. The number of benzene rings is 2. The Morgan fingerprint density at radius 3 is 2.67 bits per heavy atom. The molecule has 2 aromatic heterocycles. The number of thiazole rings is 1. The van der Waals surface area contributed by atoms with Gasteiger partial charge in [-0.3, -0.25) is 9.59 Å². The summed E-state index contributed by atoms with van der Waals surface area (Å²) in [5.41, 5.74) is 2.73. The van der Waals surface area contributed by atoms with Crippen molar-refractivity contribution in [3.63, 3.8) is 0 Å². The Morgan fingerprint density at radius 1 is 1.17 bits per heavy atom. The van der Waals surface area contributed by atoms with Crippen LogP contribution in [-0.4, -0.2) is 26.2 Å². The maximum Gasteiger partial charge on any atom is 0.230 e. The Morgan fingerprint density at radius 2 is 1.97 bits per heavy atom. The van der Waals surface area contributed by atoms with Crippen molar-refractivity contribution in [3.05, 3.63) is 88.4 Å². The van der Waals surface area contributed by atoms with Crippen LogP contribution in [0.25, 0.3) is 10.6 Å². The molecule has 0 saturated carbocycles. The van der Waals surface area contributed by atoms with Crippen molar-refractivity contribution in [3.8, 4) is 10.6 Å². The molecule has 0 aliphatic heterocycles. The Hall–Kier alpha value is -3.29. The molecule has 2 heterocycles. The Kier molecular flexibility index (Phi) is 5.74. The highest BCUT2D eigenvalue weighted by Gasteiger charge is 2.14. The fraction of sp³-hybridized carbons (Fsp3) is 0.0909. The highest BCUT2D eigenvalue weighted by Crippen LogP contribution is 2.26. The molecule has 1 N–H and O–H groups in total. The fourth-order valence-corrected chi connectivity index (χ4v) is 3.94. The summed E-state index contributed by atoms with van der Waals surface area (Å²) >= 11 is 7.50. The average molecular weight is 437 g/mol. The molecule has 2 aromatic carbocycles. The predicted molar refractivity (Wildman–Crippen MR) is 118 cm³/mol. The molecule has 0 radical (unpaired) electrons. The van der Waals surface area contributed by atoms with Crippen LogP contribution in [0.15, 0.2) is 66.3 Å². The molecule has 30 heavy (non-hydrogen) atoms. The maximum atomic E-state index is 12.5. The highest BCUT2D eigenvalue weighted by atomic mass is 35.5. The molecule has 150 valence electrons. The summed E-state index contributed by atoms with van der Waals surface area (Å²) in [7, 11) is 1.77. The summed E-state index contributed by atoms with van der Waals surface area (Å²) in [4.78, 5) is 33.4. The number of nitrogens with zero attached hydrogens (tertiary/aromatic N) is 3. The van der Waals surface area contributed by atoms with Gasteiger partial charge in [-0.05, 0) is 36.4 Å². The van der Waals surface area contributed by atoms with Gasteiger partial charge in [-0.15, -0.1) is 11.3 Å². The summed E-state index contributed by atoms with van der Waals surface area (Å²) < 4.78 is 1.67. The molecule has 0 aliphatic carbocycles. The van der Waals surface area contributed by atoms with Gasteiger partial charge in [0.25, 0.3) is 0 Å². The summed E-state index contributed by atoms with van der Waals surface area (Å²) in [6.07, 6.45) is 3.46. The van der Waals surface area contributed by atoms with Gasteiger partial charge < -0.3 is 9.88 Å². The number of hydrogen-bond donors (Lipinski definition) is 1. The number of amides is 1. The van der Waals surface area contributed by atoms with Crippen LogP contribution in [0.5, 0.6) is 0 Å². The Balaban J connectivity index is 1.39. The molecule has 4 rings (SSSR count). The average Bonchev–Trinajstić information content (AvgIpc) is 3.37. The molecule has 0 spiro atoms. The number of aromatic nitrogens is 3. The zero-order chi connectivity index (χ0) is 21.1. The smallest absolute Gasteiger partial charge is 0.230 e. The van der Waals surface area contributed by atoms with E-state index in [1.807, 2.05) is 29.6 Å². The van der Waals surface area contributed by atoms with Crippen molar-refractivity contribution in [2.24, 2.45) is 7.05 Å². The third kappa shape index (κ3) is 4.48. The van der Waals surface area contributed by atoms with Crippen molar-refractivity contribution < 1.29 is 9.59 Å². The predicted octanol–water partition coefficient (Wildman–Crippen LogP) is 4.61. The molecule has 0 fully saturated rings. The third-order valence-electron chi connectivity index (χ3n) is 4.42. The first-order valence-electron chi connectivity index (χ1n) is 9.12. The van der Waals surface area contributed by atoms with Gasteiger partial charge in [0.15, 0.2) is 5.82 Å². The van der Waals surface area contributed by atoms with Crippen LogP contribution in [0.2, 0.25) is 5.02 Å². The van der Waals surface area contributed by atoms with E-state index in [0.29, 0.717) is 27.8 Å². The van der Waals surface area contributed by atoms with Crippen LogP contribution < -0.4 is 5.32 Å². The van der Waals surface area contributed by atoms with Gasteiger partial charge in [-0.1, -0.05) is 23.7 Å². The second-order valence-electron chi connectivity index (χ2n) is 6.65. The minimum Gasteiger partial charge on any atom is -0.331 e. The monoisotopic (exact) mass is 436 g/mol. The lowest BCUT2D eigenvalue weighted by Gasteiger charge is -2.06. The van der Waals surface area contributed by atoms with E-state index in [1.165, 1.54) is 11.3 Å². The number of rotatable bonds is 6.